The van der Waals surface area contributed by atoms with Crippen molar-refractivity contribution in [2.45, 2.75) is 32.7 Å². The van der Waals surface area contributed by atoms with Crippen LogP contribution in [0.2, 0.25) is 0 Å². The fraction of sp³-hybridized carbons (Fsp3) is 0.550. The molecule has 0 saturated carbocycles. The van der Waals surface area contributed by atoms with Crippen molar-refractivity contribution in [3.63, 3.8) is 0 Å². The van der Waals surface area contributed by atoms with Gasteiger partial charge in [-0.3, -0.25) is 0 Å². The minimum atomic E-state index is 0.757. The van der Waals surface area contributed by atoms with Gasteiger partial charge in [-0.25, -0.2) is 0 Å². The molecule has 2 heterocycles. The number of benzene rings is 1. The van der Waals surface area contributed by atoms with Gasteiger partial charge < -0.3 is 14.3 Å². The number of piperidine rings is 1. The molecule has 1 unspecified atom stereocenters. The van der Waals surface area contributed by atoms with Crippen LogP contribution in [0.4, 0.5) is 0 Å². The first kappa shape index (κ1) is 17.2. The summed E-state index contributed by atoms with van der Waals surface area (Å²) in [6.45, 7) is 7.86. The van der Waals surface area contributed by atoms with E-state index < -0.39 is 0 Å². The van der Waals surface area contributed by atoms with E-state index in [1.807, 2.05) is 6.07 Å². The quantitative estimate of drug-likeness (QED) is 0.780. The highest BCUT2D eigenvalue weighted by molar-refractivity contribution is 5.25. The number of hydrogen-bond donors (Lipinski definition) is 0. The van der Waals surface area contributed by atoms with Crippen LogP contribution in [0.5, 0.6) is 0 Å². The second-order valence-corrected chi connectivity index (χ2v) is 7.17. The molecule has 1 aromatic carbocycles. The van der Waals surface area contributed by atoms with Gasteiger partial charge in [-0.05, 0) is 56.8 Å². The van der Waals surface area contributed by atoms with E-state index in [1.165, 1.54) is 43.6 Å². The maximum absolute atomic E-state index is 4.92. The number of likely N-dealkylation sites (tertiary alicyclic amines) is 1. The van der Waals surface area contributed by atoms with Gasteiger partial charge in [0.2, 0.25) is 0 Å². The smallest absolute Gasteiger partial charge is 0.124 e. The molecule has 1 aliphatic heterocycles. The normalized spacial score (nSPS) is 19.0. The van der Waals surface area contributed by atoms with E-state index in [0.29, 0.717) is 0 Å². The van der Waals surface area contributed by atoms with E-state index in [-0.39, 0.29) is 0 Å². The molecular formula is C20H29N3O. The van der Waals surface area contributed by atoms with Crippen LogP contribution in [0.15, 0.2) is 41.1 Å². The van der Waals surface area contributed by atoms with E-state index in [0.717, 1.165) is 31.1 Å². The van der Waals surface area contributed by atoms with Crippen LogP contribution < -0.4 is 0 Å². The lowest BCUT2D eigenvalue weighted by Gasteiger charge is -2.34. The largest absolute Gasteiger partial charge is 0.364 e. The zero-order chi connectivity index (χ0) is 16.8. The van der Waals surface area contributed by atoms with Gasteiger partial charge in [0.25, 0.3) is 0 Å². The summed E-state index contributed by atoms with van der Waals surface area (Å²) in [6, 6.07) is 10.7. The SMILES string of the molecule is Cc1ccccc1CCN1CCCC(CN(C)Cc2ccon2)C1. The Labute approximate surface area is 145 Å². The lowest BCUT2D eigenvalue weighted by molar-refractivity contribution is 0.141. The third-order valence-corrected chi connectivity index (χ3v) is 5.05. The second-order valence-electron chi connectivity index (χ2n) is 7.17. The number of aryl methyl sites for hydroxylation is 1. The summed E-state index contributed by atoms with van der Waals surface area (Å²) in [5, 5.41) is 4.01. The Bertz CT molecular complexity index is 611. The molecule has 3 rings (SSSR count). The standard InChI is InChI=1S/C20H29N3O/c1-17-6-3-4-8-19(17)9-12-23-11-5-7-18(15-23)14-22(2)16-20-10-13-24-21-20/h3-4,6,8,10,13,18H,5,7,9,11-12,14-16H2,1-2H3. The van der Waals surface area contributed by atoms with Crippen LogP contribution in [-0.2, 0) is 13.0 Å². The van der Waals surface area contributed by atoms with Crippen molar-refractivity contribution >= 4 is 0 Å². The maximum atomic E-state index is 4.92. The molecule has 0 spiro atoms. The molecule has 0 N–H and O–H groups in total. The van der Waals surface area contributed by atoms with Crippen LogP contribution in [0, 0.1) is 12.8 Å². The first-order valence-electron chi connectivity index (χ1n) is 9.05. The minimum absolute atomic E-state index is 0.757. The number of hydrogen-bond acceptors (Lipinski definition) is 4. The van der Waals surface area contributed by atoms with Crippen molar-refractivity contribution in [2.75, 3.05) is 33.2 Å². The zero-order valence-electron chi connectivity index (χ0n) is 14.9. The third-order valence-electron chi connectivity index (χ3n) is 5.05. The van der Waals surface area contributed by atoms with Gasteiger partial charge in [0.05, 0.1) is 5.69 Å². The second kappa shape index (κ2) is 8.45. The zero-order valence-corrected chi connectivity index (χ0v) is 14.9. The summed E-state index contributed by atoms with van der Waals surface area (Å²) in [4.78, 5) is 5.01. The summed E-state index contributed by atoms with van der Waals surface area (Å²) in [6.07, 6.45) is 5.46. The lowest BCUT2D eigenvalue weighted by atomic mass is 9.96. The van der Waals surface area contributed by atoms with Crippen molar-refractivity contribution in [3.8, 4) is 0 Å². The molecule has 1 aliphatic rings. The highest BCUT2D eigenvalue weighted by atomic mass is 16.5. The summed E-state index contributed by atoms with van der Waals surface area (Å²) >= 11 is 0. The van der Waals surface area contributed by atoms with Gasteiger partial charge in [0.1, 0.15) is 6.26 Å². The Morgan fingerprint density at radius 2 is 2.17 bits per heavy atom. The predicted octanol–water partition coefficient (Wildman–Crippen LogP) is 3.37. The number of nitrogens with zero attached hydrogens (tertiary/aromatic N) is 3. The van der Waals surface area contributed by atoms with E-state index in [1.54, 1.807) is 6.26 Å². The van der Waals surface area contributed by atoms with Gasteiger partial charge in [0.15, 0.2) is 0 Å². The highest BCUT2D eigenvalue weighted by Crippen LogP contribution is 2.19. The topological polar surface area (TPSA) is 32.5 Å². The van der Waals surface area contributed by atoms with Crippen LogP contribution in [-0.4, -0.2) is 48.2 Å². The Morgan fingerprint density at radius 1 is 1.29 bits per heavy atom. The summed E-state index contributed by atoms with van der Waals surface area (Å²) in [5.41, 5.74) is 3.92. The van der Waals surface area contributed by atoms with Gasteiger partial charge in [0, 0.05) is 32.2 Å². The van der Waals surface area contributed by atoms with E-state index in [9.17, 15) is 0 Å². The molecule has 4 heteroatoms. The maximum Gasteiger partial charge on any atom is 0.124 e. The number of aromatic nitrogens is 1. The van der Waals surface area contributed by atoms with Gasteiger partial charge in [-0.15, -0.1) is 0 Å². The van der Waals surface area contributed by atoms with Crippen molar-refractivity contribution in [3.05, 3.63) is 53.4 Å². The molecule has 1 fully saturated rings. The molecule has 0 amide bonds. The fourth-order valence-corrected chi connectivity index (χ4v) is 3.77. The molecule has 1 atom stereocenters. The van der Waals surface area contributed by atoms with Gasteiger partial charge in [-0.2, -0.15) is 0 Å². The van der Waals surface area contributed by atoms with Crippen LogP contribution in [0.25, 0.3) is 0 Å². The van der Waals surface area contributed by atoms with Crippen LogP contribution in [0.3, 0.4) is 0 Å². The van der Waals surface area contributed by atoms with Gasteiger partial charge >= 0.3 is 0 Å². The molecule has 4 nitrogen and oxygen atoms in total. The molecule has 1 saturated heterocycles. The first-order chi connectivity index (χ1) is 11.7. The van der Waals surface area contributed by atoms with Gasteiger partial charge in [-0.1, -0.05) is 29.4 Å². The molecule has 130 valence electrons. The average molecular weight is 327 g/mol. The first-order valence-corrected chi connectivity index (χ1v) is 9.05. The number of rotatable bonds is 7. The van der Waals surface area contributed by atoms with Crippen LogP contribution >= 0.6 is 0 Å². The van der Waals surface area contributed by atoms with Crippen molar-refractivity contribution < 1.29 is 4.52 Å². The molecular weight excluding hydrogens is 298 g/mol. The third kappa shape index (κ3) is 4.92. The monoisotopic (exact) mass is 327 g/mol. The molecule has 0 bridgehead atoms. The van der Waals surface area contributed by atoms with E-state index >= 15 is 0 Å². The van der Waals surface area contributed by atoms with E-state index in [4.69, 9.17) is 4.52 Å². The molecule has 0 aliphatic carbocycles. The lowest BCUT2D eigenvalue weighted by Crippen LogP contribution is -2.40. The summed E-state index contributed by atoms with van der Waals surface area (Å²) in [7, 11) is 2.18. The Morgan fingerprint density at radius 3 is 2.96 bits per heavy atom. The average Bonchev–Trinajstić information content (AvgIpc) is 3.07. The summed E-state index contributed by atoms with van der Waals surface area (Å²) in [5.74, 6) is 0.757. The fourth-order valence-electron chi connectivity index (χ4n) is 3.77. The highest BCUT2D eigenvalue weighted by Gasteiger charge is 2.21. The Hall–Kier alpha value is -1.65. The van der Waals surface area contributed by atoms with E-state index in [2.05, 4.69) is 53.2 Å². The van der Waals surface area contributed by atoms with Crippen molar-refractivity contribution in [1.82, 2.24) is 15.0 Å². The molecule has 1 aromatic heterocycles. The van der Waals surface area contributed by atoms with Crippen molar-refractivity contribution in [2.24, 2.45) is 5.92 Å². The Kier molecular flexibility index (Phi) is 6.05. The minimum Gasteiger partial charge on any atom is -0.364 e. The molecule has 2 aromatic rings. The van der Waals surface area contributed by atoms with Crippen molar-refractivity contribution in [1.29, 1.82) is 0 Å². The molecule has 24 heavy (non-hydrogen) atoms. The Balaban J connectivity index is 1.45. The summed E-state index contributed by atoms with van der Waals surface area (Å²) < 4.78 is 4.92. The molecule has 0 radical (unpaired) electrons. The van der Waals surface area contributed by atoms with Crippen LogP contribution in [0.1, 0.15) is 29.7 Å². The predicted molar refractivity (Wildman–Crippen MR) is 96.9 cm³/mol.